The molecule has 0 unspecified atom stereocenters. The molecule has 3 atom stereocenters. The van der Waals surface area contributed by atoms with Crippen LogP contribution in [0.2, 0.25) is 0 Å². The van der Waals surface area contributed by atoms with Crippen molar-refractivity contribution in [2.75, 3.05) is 0 Å². The second-order valence-corrected chi connectivity index (χ2v) is 6.41. The van der Waals surface area contributed by atoms with Crippen LogP contribution in [0.5, 0.6) is 0 Å². The van der Waals surface area contributed by atoms with Crippen LogP contribution in [0.15, 0.2) is 35.5 Å². The third-order valence-electron chi connectivity index (χ3n) is 4.19. The predicted octanol–water partition coefficient (Wildman–Crippen LogP) is 3.95. The van der Waals surface area contributed by atoms with E-state index in [0.29, 0.717) is 0 Å². The van der Waals surface area contributed by atoms with Gasteiger partial charge in [-0.3, -0.25) is 0 Å². The zero-order valence-electron chi connectivity index (χ0n) is 13.5. The summed E-state index contributed by atoms with van der Waals surface area (Å²) in [6, 6.07) is 0. The molecule has 0 radical (unpaired) electrons. The third kappa shape index (κ3) is 3.85. The molecule has 0 aromatic carbocycles. The predicted molar refractivity (Wildman–Crippen MR) is 83.9 cm³/mol. The van der Waals surface area contributed by atoms with E-state index >= 15 is 0 Å². The summed E-state index contributed by atoms with van der Waals surface area (Å²) in [5.74, 6) is -0.0582. The number of allylic oxidation sites excluding steroid dienone is 1. The van der Waals surface area contributed by atoms with Gasteiger partial charge in [-0.05, 0) is 58.6 Å². The van der Waals surface area contributed by atoms with Crippen molar-refractivity contribution < 1.29 is 14.3 Å². The Labute approximate surface area is 127 Å². The van der Waals surface area contributed by atoms with Crippen LogP contribution in [-0.2, 0) is 14.3 Å². The van der Waals surface area contributed by atoms with Crippen molar-refractivity contribution in [3.63, 3.8) is 0 Å². The first kappa shape index (κ1) is 16.0. The van der Waals surface area contributed by atoms with Crippen LogP contribution in [0, 0.1) is 5.92 Å². The molecule has 2 bridgehead atoms. The molecule has 0 aromatic heterocycles. The molecule has 0 N–H and O–H groups in total. The molecule has 116 valence electrons. The van der Waals surface area contributed by atoms with Gasteiger partial charge in [-0.1, -0.05) is 18.2 Å². The molecular weight excluding hydrogens is 264 g/mol. The highest BCUT2D eigenvalue weighted by atomic mass is 16.5. The minimum Gasteiger partial charge on any atom is -0.454 e. The summed E-state index contributed by atoms with van der Waals surface area (Å²) in [5.41, 5.74) is 3.08. The molecule has 0 spiro atoms. The van der Waals surface area contributed by atoms with Crippen LogP contribution >= 0.6 is 0 Å². The molecular formula is C18H26O3. The maximum atomic E-state index is 11.9. The summed E-state index contributed by atoms with van der Waals surface area (Å²) in [6.07, 6.45) is 6.62. The lowest BCUT2D eigenvalue weighted by atomic mass is 9.86. The number of hydrogen-bond acceptors (Lipinski definition) is 3. The second-order valence-electron chi connectivity index (χ2n) is 6.41. The normalized spacial score (nSPS) is 29.8. The van der Waals surface area contributed by atoms with Gasteiger partial charge in [-0.25, -0.2) is 4.79 Å². The largest absolute Gasteiger partial charge is 0.454 e. The molecule has 1 heterocycles. The summed E-state index contributed by atoms with van der Waals surface area (Å²) in [4.78, 5) is 11.9. The van der Waals surface area contributed by atoms with E-state index in [1.165, 1.54) is 5.57 Å². The molecule has 0 fully saturated rings. The Morgan fingerprint density at radius 2 is 2.19 bits per heavy atom. The van der Waals surface area contributed by atoms with Gasteiger partial charge in [0, 0.05) is 11.5 Å². The molecule has 3 heteroatoms. The first-order valence-corrected chi connectivity index (χ1v) is 7.77. The number of hydrogen-bond donors (Lipinski definition) is 0. The van der Waals surface area contributed by atoms with Crippen molar-refractivity contribution in [2.24, 2.45) is 5.92 Å². The van der Waals surface area contributed by atoms with E-state index in [9.17, 15) is 4.79 Å². The first-order chi connectivity index (χ1) is 9.88. The summed E-state index contributed by atoms with van der Waals surface area (Å²) >= 11 is 0. The van der Waals surface area contributed by atoms with Crippen molar-refractivity contribution in [1.82, 2.24) is 0 Å². The highest BCUT2D eigenvalue weighted by Crippen LogP contribution is 2.33. The average Bonchev–Trinajstić information content (AvgIpc) is 2.73. The van der Waals surface area contributed by atoms with Crippen molar-refractivity contribution in [2.45, 2.75) is 65.3 Å². The van der Waals surface area contributed by atoms with Crippen LogP contribution in [0.4, 0.5) is 0 Å². The number of rotatable bonds is 3. The zero-order chi connectivity index (χ0) is 15.6. The molecule has 2 aliphatic rings. The van der Waals surface area contributed by atoms with E-state index in [0.717, 1.165) is 30.4 Å². The quantitative estimate of drug-likeness (QED) is 0.583. The van der Waals surface area contributed by atoms with E-state index in [-0.39, 0.29) is 30.2 Å². The minimum absolute atomic E-state index is 0.0564. The van der Waals surface area contributed by atoms with Gasteiger partial charge in [-0.2, -0.15) is 0 Å². The monoisotopic (exact) mass is 290 g/mol. The van der Waals surface area contributed by atoms with E-state index in [4.69, 9.17) is 9.47 Å². The maximum absolute atomic E-state index is 11.9. The van der Waals surface area contributed by atoms with Gasteiger partial charge < -0.3 is 9.47 Å². The van der Waals surface area contributed by atoms with Crippen LogP contribution in [0.1, 0.15) is 47.0 Å². The first-order valence-electron chi connectivity index (χ1n) is 7.77. The third-order valence-corrected chi connectivity index (χ3v) is 4.19. The summed E-state index contributed by atoms with van der Waals surface area (Å²) in [5, 5.41) is 0. The lowest BCUT2D eigenvalue weighted by molar-refractivity contribution is -0.141. The SMILES string of the molecule is C=C(C)[C@@H]1C[C@@H](OC(C)C)C(C)=CCCC2=C[C@@H]1OC2=O. The number of ether oxygens (including phenoxy) is 2. The van der Waals surface area contributed by atoms with Gasteiger partial charge in [0.1, 0.15) is 6.10 Å². The Kier molecular flexibility index (Phi) is 5.04. The van der Waals surface area contributed by atoms with Gasteiger partial charge in [-0.15, -0.1) is 0 Å². The fraction of sp³-hybridized carbons (Fsp3) is 0.611. The van der Waals surface area contributed by atoms with Crippen molar-refractivity contribution >= 4 is 5.97 Å². The van der Waals surface area contributed by atoms with Gasteiger partial charge in [0.25, 0.3) is 0 Å². The number of esters is 1. The molecule has 0 saturated heterocycles. The molecule has 2 rings (SSSR count). The van der Waals surface area contributed by atoms with Crippen molar-refractivity contribution in [1.29, 1.82) is 0 Å². The van der Waals surface area contributed by atoms with Gasteiger partial charge in [0.2, 0.25) is 0 Å². The Morgan fingerprint density at radius 3 is 2.81 bits per heavy atom. The Bertz CT molecular complexity index is 485. The second kappa shape index (κ2) is 6.61. The maximum Gasteiger partial charge on any atom is 0.334 e. The molecule has 0 aromatic rings. The van der Waals surface area contributed by atoms with Crippen molar-refractivity contribution in [3.8, 4) is 0 Å². The zero-order valence-corrected chi connectivity index (χ0v) is 13.5. The van der Waals surface area contributed by atoms with E-state index < -0.39 is 0 Å². The number of carbonyl (C=O) groups is 1. The van der Waals surface area contributed by atoms with Crippen LogP contribution in [0.25, 0.3) is 0 Å². The lowest BCUT2D eigenvalue weighted by Crippen LogP contribution is -2.29. The van der Waals surface area contributed by atoms with E-state index in [2.05, 4.69) is 33.4 Å². The van der Waals surface area contributed by atoms with Crippen LogP contribution in [-0.4, -0.2) is 24.3 Å². The van der Waals surface area contributed by atoms with Crippen LogP contribution < -0.4 is 0 Å². The molecule has 1 aliphatic carbocycles. The molecule has 21 heavy (non-hydrogen) atoms. The fourth-order valence-corrected chi connectivity index (χ4v) is 2.99. The Morgan fingerprint density at radius 1 is 1.48 bits per heavy atom. The van der Waals surface area contributed by atoms with E-state index in [1.807, 2.05) is 13.0 Å². The van der Waals surface area contributed by atoms with Crippen LogP contribution in [0.3, 0.4) is 0 Å². The van der Waals surface area contributed by atoms with Gasteiger partial charge >= 0.3 is 5.97 Å². The highest BCUT2D eigenvalue weighted by molar-refractivity contribution is 5.91. The van der Waals surface area contributed by atoms with Gasteiger partial charge in [0.15, 0.2) is 0 Å². The summed E-state index contributed by atoms with van der Waals surface area (Å²) in [7, 11) is 0. The molecule has 3 nitrogen and oxygen atoms in total. The highest BCUT2D eigenvalue weighted by Gasteiger charge is 2.34. The summed E-state index contributed by atoms with van der Waals surface area (Å²) in [6.45, 7) is 12.3. The number of fused-ring (bicyclic) bond motifs is 1. The molecule has 0 amide bonds. The fourth-order valence-electron chi connectivity index (χ4n) is 2.99. The molecule has 1 aliphatic heterocycles. The molecule has 0 saturated carbocycles. The standard InChI is InChI=1S/C18H26O3/c1-11(2)15-10-16(20-12(3)4)13(5)7-6-8-14-9-17(15)21-18(14)19/h7,9,12,15-17H,1,6,8,10H2,2-5H3/t15-,16+,17-/m0/s1. The van der Waals surface area contributed by atoms with Crippen molar-refractivity contribution in [3.05, 3.63) is 35.5 Å². The smallest absolute Gasteiger partial charge is 0.334 e. The Balaban J connectivity index is 2.29. The average molecular weight is 290 g/mol. The minimum atomic E-state index is -0.186. The number of carbonyl (C=O) groups excluding carboxylic acids is 1. The Hall–Kier alpha value is -1.35. The lowest BCUT2D eigenvalue weighted by Gasteiger charge is -2.29. The topological polar surface area (TPSA) is 35.5 Å². The summed E-state index contributed by atoms with van der Waals surface area (Å²) < 4.78 is 11.6. The van der Waals surface area contributed by atoms with Gasteiger partial charge in [0.05, 0.1) is 12.2 Å². The van der Waals surface area contributed by atoms with E-state index in [1.54, 1.807) is 0 Å².